The maximum Gasteiger partial charge on any atom is 0.0933 e. The fourth-order valence-electron chi connectivity index (χ4n) is 4.65. The molecule has 1 atom stereocenters. The lowest BCUT2D eigenvalue weighted by Gasteiger charge is -2.15. The highest BCUT2D eigenvalue weighted by atomic mass is 32.2. The molecule has 0 spiro atoms. The summed E-state index contributed by atoms with van der Waals surface area (Å²) in [4.78, 5) is 3.35. The summed E-state index contributed by atoms with van der Waals surface area (Å²) < 4.78 is 15.8. The highest BCUT2D eigenvalue weighted by molar-refractivity contribution is 7.84. The highest BCUT2D eigenvalue weighted by Crippen LogP contribution is 2.28. The van der Waals surface area contributed by atoms with Gasteiger partial charge in [0.2, 0.25) is 0 Å². The van der Waals surface area contributed by atoms with E-state index in [1.165, 1.54) is 37.0 Å². The molecular formula is C25H29N5OS. The first-order chi connectivity index (χ1) is 15.6. The van der Waals surface area contributed by atoms with Crippen LogP contribution in [0.2, 0.25) is 0 Å². The first-order valence-electron chi connectivity index (χ1n) is 11.3. The molecule has 0 N–H and O–H groups in total. The highest BCUT2D eigenvalue weighted by Gasteiger charge is 2.16. The lowest BCUT2D eigenvalue weighted by atomic mass is 10.1. The van der Waals surface area contributed by atoms with Gasteiger partial charge in [-0.2, -0.15) is 10.2 Å². The van der Waals surface area contributed by atoms with E-state index in [1.54, 1.807) is 6.26 Å². The van der Waals surface area contributed by atoms with Crippen LogP contribution in [0.1, 0.15) is 25.5 Å². The van der Waals surface area contributed by atoms with Crippen molar-refractivity contribution in [2.45, 2.75) is 37.6 Å². The molecule has 0 saturated carbocycles. The molecule has 4 aromatic rings. The molecule has 2 aromatic carbocycles. The van der Waals surface area contributed by atoms with Crippen LogP contribution in [0.25, 0.3) is 27.8 Å². The zero-order valence-electron chi connectivity index (χ0n) is 18.7. The first kappa shape index (κ1) is 21.1. The minimum Gasteiger partial charge on any atom is -0.301 e. The molecule has 1 saturated heterocycles. The number of aryl methyl sites for hydroxylation is 1. The van der Waals surface area contributed by atoms with E-state index >= 15 is 0 Å². The van der Waals surface area contributed by atoms with Gasteiger partial charge in [0.05, 0.1) is 29.6 Å². The van der Waals surface area contributed by atoms with Crippen LogP contribution in [-0.2, 0) is 23.8 Å². The second kappa shape index (κ2) is 9.00. The van der Waals surface area contributed by atoms with Crippen molar-refractivity contribution in [2.75, 3.05) is 25.9 Å². The molecule has 0 radical (unpaired) electrons. The minimum atomic E-state index is -0.988. The predicted octanol–water partition coefficient (Wildman–Crippen LogP) is 4.28. The van der Waals surface area contributed by atoms with Gasteiger partial charge in [0.15, 0.2) is 0 Å². The molecule has 166 valence electrons. The van der Waals surface area contributed by atoms with E-state index in [-0.39, 0.29) is 0 Å². The lowest BCUT2D eigenvalue weighted by molar-refractivity contribution is 0.314. The van der Waals surface area contributed by atoms with Crippen molar-refractivity contribution in [1.29, 1.82) is 0 Å². The Balaban J connectivity index is 1.46. The average Bonchev–Trinajstić information content (AvgIpc) is 3.56. The lowest BCUT2D eigenvalue weighted by Crippen LogP contribution is -2.25. The number of aromatic nitrogens is 4. The van der Waals surface area contributed by atoms with Crippen molar-refractivity contribution in [1.82, 2.24) is 24.5 Å². The van der Waals surface area contributed by atoms with Crippen molar-refractivity contribution in [3.63, 3.8) is 0 Å². The third kappa shape index (κ3) is 4.02. The van der Waals surface area contributed by atoms with E-state index in [4.69, 9.17) is 5.10 Å². The average molecular weight is 448 g/mol. The molecule has 1 aliphatic heterocycles. The SMILES string of the molecule is CCc1c2ccc(-c3ccnn3-c3ccc(S(C)=O)cc3)cc2nn1CCN1CCCC1. The quantitative estimate of drug-likeness (QED) is 0.424. The second-order valence-electron chi connectivity index (χ2n) is 8.38. The Labute approximate surface area is 191 Å². The van der Waals surface area contributed by atoms with Crippen molar-refractivity contribution in [2.24, 2.45) is 0 Å². The van der Waals surface area contributed by atoms with Crippen molar-refractivity contribution in [3.05, 3.63) is 60.4 Å². The topological polar surface area (TPSA) is 56.0 Å². The predicted molar refractivity (Wildman–Crippen MR) is 130 cm³/mol. The number of nitrogens with zero attached hydrogens (tertiary/aromatic N) is 5. The van der Waals surface area contributed by atoms with Gasteiger partial charge < -0.3 is 4.90 Å². The number of benzene rings is 2. The number of hydrogen-bond acceptors (Lipinski definition) is 4. The molecule has 5 rings (SSSR count). The Hall–Kier alpha value is -2.77. The van der Waals surface area contributed by atoms with Crippen LogP contribution in [0.3, 0.4) is 0 Å². The molecule has 6 nitrogen and oxygen atoms in total. The summed E-state index contributed by atoms with van der Waals surface area (Å²) in [5, 5.41) is 10.7. The van der Waals surface area contributed by atoms with Gasteiger partial charge in [0.1, 0.15) is 0 Å². The number of hydrogen-bond donors (Lipinski definition) is 0. The standard InChI is InChI=1S/C25H29N5OS/c1-3-24-22-11-6-19(18-23(22)27-29(24)17-16-28-14-4-5-15-28)25-12-13-26-30(25)20-7-9-21(10-8-20)32(2)31/h6-13,18H,3-5,14-17H2,1-2H3. The zero-order chi connectivity index (χ0) is 22.1. The minimum absolute atomic E-state index is 0.815. The second-order valence-corrected chi connectivity index (χ2v) is 9.76. The van der Waals surface area contributed by atoms with Gasteiger partial charge in [-0.1, -0.05) is 19.1 Å². The van der Waals surface area contributed by atoms with Crippen LogP contribution >= 0.6 is 0 Å². The third-order valence-electron chi connectivity index (χ3n) is 6.36. The Kier molecular flexibility index (Phi) is 5.93. The molecule has 2 aromatic heterocycles. The van der Waals surface area contributed by atoms with Gasteiger partial charge in [-0.25, -0.2) is 4.68 Å². The molecule has 3 heterocycles. The summed E-state index contributed by atoms with van der Waals surface area (Å²) >= 11 is 0. The van der Waals surface area contributed by atoms with Gasteiger partial charge in [-0.15, -0.1) is 0 Å². The molecule has 1 fully saturated rings. The molecule has 1 aliphatic rings. The summed E-state index contributed by atoms with van der Waals surface area (Å²) in [6, 6.07) is 16.3. The van der Waals surface area contributed by atoms with Crippen LogP contribution in [0, 0.1) is 0 Å². The molecule has 0 bridgehead atoms. The molecule has 1 unspecified atom stereocenters. The number of likely N-dealkylation sites (tertiary alicyclic amines) is 1. The first-order valence-corrected chi connectivity index (χ1v) is 12.9. The van der Waals surface area contributed by atoms with E-state index < -0.39 is 10.8 Å². The summed E-state index contributed by atoms with van der Waals surface area (Å²) in [7, 11) is -0.988. The molecule has 0 amide bonds. The van der Waals surface area contributed by atoms with Crippen molar-refractivity contribution < 1.29 is 4.21 Å². The monoisotopic (exact) mass is 447 g/mol. The van der Waals surface area contributed by atoms with Gasteiger partial charge in [0, 0.05) is 45.1 Å². The van der Waals surface area contributed by atoms with Gasteiger partial charge in [0.25, 0.3) is 0 Å². The Morgan fingerprint density at radius 3 is 2.50 bits per heavy atom. The molecule has 32 heavy (non-hydrogen) atoms. The Morgan fingerprint density at radius 2 is 1.78 bits per heavy atom. The van der Waals surface area contributed by atoms with Crippen LogP contribution in [0.4, 0.5) is 0 Å². The largest absolute Gasteiger partial charge is 0.301 e. The van der Waals surface area contributed by atoms with Crippen LogP contribution in [0.15, 0.2) is 59.6 Å². The molecular weight excluding hydrogens is 418 g/mol. The van der Waals surface area contributed by atoms with Crippen LogP contribution in [-0.4, -0.2) is 54.6 Å². The summed E-state index contributed by atoms with van der Waals surface area (Å²) in [6.45, 7) is 6.64. The van der Waals surface area contributed by atoms with E-state index in [0.717, 1.165) is 46.9 Å². The third-order valence-corrected chi connectivity index (χ3v) is 7.30. The van der Waals surface area contributed by atoms with Crippen molar-refractivity contribution >= 4 is 21.7 Å². The fourth-order valence-corrected chi connectivity index (χ4v) is 5.17. The van der Waals surface area contributed by atoms with Crippen LogP contribution in [0.5, 0.6) is 0 Å². The smallest absolute Gasteiger partial charge is 0.0933 e. The van der Waals surface area contributed by atoms with Gasteiger partial charge in [-0.3, -0.25) is 8.89 Å². The number of fused-ring (bicyclic) bond motifs is 1. The normalized spacial score (nSPS) is 15.6. The van der Waals surface area contributed by atoms with Gasteiger partial charge in [-0.05, 0) is 68.8 Å². The Morgan fingerprint density at radius 1 is 1.00 bits per heavy atom. The number of rotatable bonds is 7. The summed E-state index contributed by atoms with van der Waals surface area (Å²) in [5.74, 6) is 0. The summed E-state index contributed by atoms with van der Waals surface area (Å²) in [6.07, 6.45) is 7.12. The maximum absolute atomic E-state index is 11.7. The molecule has 7 heteroatoms. The molecule has 0 aliphatic carbocycles. The van der Waals surface area contributed by atoms with E-state index in [0.29, 0.717) is 0 Å². The summed E-state index contributed by atoms with van der Waals surface area (Å²) in [5.41, 5.74) is 5.39. The Bertz CT molecular complexity index is 1250. The van der Waals surface area contributed by atoms with E-state index in [2.05, 4.69) is 39.8 Å². The zero-order valence-corrected chi connectivity index (χ0v) is 19.5. The van der Waals surface area contributed by atoms with E-state index in [9.17, 15) is 4.21 Å². The van der Waals surface area contributed by atoms with E-state index in [1.807, 2.05) is 41.2 Å². The fraction of sp³-hybridized carbons (Fsp3) is 0.360. The van der Waals surface area contributed by atoms with Gasteiger partial charge >= 0.3 is 0 Å². The van der Waals surface area contributed by atoms with Crippen molar-refractivity contribution in [3.8, 4) is 16.9 Å². The van der Waals surface area contributed by atoms with Crippen LogP contribution < -0.4 is 0 Å². The maximum atomic E-state index is 11.7.